The van der Waals surface area contributed by atoms with Crippen molar-refractivity contribution in [1.82, 2.24) is 4.90 Å². The highest BCUT2D eigenvalue weighted by Gasteiger charge is 2.34. The smallest absolute Gasteiger partial charge is 0.241 e. The second-order valence-electron chi connectivity index (χ2n) is 7.30. The van der Waals surface area contributed by atoms with Crippen molar-refractivity contribution in [3.8, 4) is 11.5 Å². The van der Waals surface area contributed by atoms with Crippen LogP contribution in [0.5, 0.6) is 11.5 Å². The van der Waals surface area contributed by atoms with Crippen molar-refractivity contribution >= 4 is 17.4 Å². The minimum Gasteiger partial charge on any atom is -0.497 e. The third-order valence-electron chi connectivity index (χ3n) is 5.53. The quantitative estimate of drug-likeness (QED) is 0.715. The van der Waals surface area contributed by atoms with Gasteiger partial charge in [-0.15, -0.1) is 0 Å². The van der Waals surface area contributed by atoms with Crippen molar-refractivity contribution in [3.63, 3.8) is 0 Å². The van der Waals surface area contributed by atoms with Crippen LogP contribution in [0.2, 0.25) is 0 Å². The number of hydrogen-bond donors (Lipinski definition) is 1. The number of hydrogen-bond acceptors (Lipinski definition) is 5. The van der Waals surface area contributed by atoms with E-state index in [0.717, 1.165) is 36.4 Å². The number of ketones is 1. The van der Waals surface area contributed by atoms with E-state index >= 15 is 0 Å². The molecule has 1 fully saturated rings. The number of nitrogens with one attached hydrogen (secondary N) is 1. The maximum Gasteiger partial charge on any atom is 0.241 e. The van der Waals surface area contributed by atoms with Gasteiger partial charge in [-0.3, -0.25) is 14.5 Å². The first-order chi connectivity index (χ1) is 13.9. The standard InChI is InChI=1S/C23H28N2O4/c1-15(23(27)24-18-9-7-17(8-10-18)16(2)26)25-13-5-6-21(25)20-14-19(28-3)11-12-22(20)29-4/h7-12,14-15,21H,5-6,13H2,1-4H3,(H,24,27). The molecule has 1 heterocycles. The van der Waals surface area contributed by atoms with Gasteiger partial charge >= 0.3 is 0 Å². The Morgan fingerprint density at radius 1 is 1.10 bits per heavy atom. The molecule has 6 nitrogen and oxygen atoms in total. The first-order valence-electron chi connectivity index (χ1n) is 9.84. The average Bonchev–Trinajstić information content (AvgIpc) is 3.22. The van der Waals surface area contributed by atoms with Crippen molar-refractivity contribution in [2.24, 2.45) is 0 Å². The van der Waals surface area contributed by atoms with E-state index in [1.54, 1.807) is 38.5 Å². The number of anilines is 1. The van der Waals surface area contributed by atoms with Crippen LogP contribution in [0.3, 0.4) is 0 Å². The molecular weight excluding hydrogens is 368 g/mol. The second kappa shape index (κ2) is 9.09. The molecule has 1 aliphatic rings. The summed E-state index contributed by atoms with van der Waals surface area (Å²) < 4.78 is 10.9. The van der Waals surface area contributed by atoms with Crippen LogP contribution >= 0.6 is 0 Å². The Bertz CT molecular complexity index is 879. The van der Waals surface area contributed by atoms with E-state index in [0.29, 0.717) is 11.3 Å². The summed E-state index contributed by atoms with van der Waals surface area (Å²) in [6, 6.07) is 12.5. The lowest BCUT2D eigenvalue weighted by atomic mass is 10.0. The van der Waals surface area contributed by atoms with Gasteiger partial charge in [0.05, 0.1) is 20.3 Å². The van der Waals surface area contributed by atoms with Crippen LogP contribution in [0.4, 0.5) is 5.69 Å². The third kappa shape index (κ3) is 4.59. The molecule has 0 saturated carbocycles. The Balaban J connectivity index is 1.76. The molecule has 1 saturated heterocycles. The maximum absolute atomic E-state index is 12.9. The van der Waals surface area contributed by atoms with Gasteiger partial charge in [-0.2, -0.15) is 0 Å². The SMILES string of the molecule is COc1ccc(OC)c(C2CCCN2C(C)C(=O)Nc2ccc(C(C)=O)cc2)c1. The van der Waals surface area contributed by atoms with E-state index in [1.165, 1.54) is 6.92 Å². The minimum atomic E-state index is -0.314. The summed E-state index contributed by atoms with van der Waals surface area (Å²) in [5.41, 5.74) is 2.34. The zero-order chi connectivity index (χ0) is 21.0. The Labute approximate surface area is 171 Å². The normalized spacial score (nSPS) is 17.6. The van der Waals surface area contributed by atoms with E-state index in [9.17, 15) is 9.59 Å². The number of carbonyl (C=O) groups is 2. The van der Waals surface area contributed by atoms with E-state index < -0.39 is 0 Å². The molecule has 2 aromatic carbocycles. The van der Waals surface area contributed by atoms with E-state index in [-0.39, 0.29) is 23.8 Å². The van der Waals surface area contributed by atoms with Gasteiger partial charge in [-0.1, -0.05) is 0 Å². The summed E-state index contributed by atoms with van der Waals surface area (Å²) in [5.74, 6) is 1.50. The molecule has 0 aliphatic carbocycles. The summed E-state index contributed by atoms with van der Waals surface area (Å²) in [5, 5.41) is 2.96. The molecule has 1 amide bonds. The summed E-state index contributed by atoms with van der Waals surface area (Å²) in [6.45, 7) is 4.28. The minimum absolute atomic E-state index is 0.00314. The average molecular weight is 396 g/mol. The molecule has 0 spiro atoms. The molecule has 2 atom stereocenters. The monoisotopic (exact) mass is 396 g/mol. The summed E-state index contributed by atoms with van der Waals surface area (Å²) in [4.78, 5) is 26.5. The molecular formula is C23H28N2O4. The number of nitrogens with zero attached hydrogens (tertiary/aromatic N) is 1. The maximum atomic E-state index is 12.9. The summed E-state index contributed by atoms with van der Waals surface area (Å²) in [7, 11) is 3.30. The highest BCUT2D eigenvalue weighted by molar-refractivity contribution is 5.97. The molecule has 2 aromatic rings. The number of methoxy groups -OCH3 is 2. The van der Waals surface area contributed by atoms with Gasteiger partial charge in [-0.25, -0.2) is 0 Å². The Kier molecular flexibility index (Phi) is 6.54. The van der Waals surface area contributed by atoms with Crippen molar-refractivity contribution in [2.75, 3.05) is 26.1 Å². The van der Waals surface area contributed by atoms with E-state index in [4.69, 9.17) is 9.47 Å². The number of rotatable bonds is 7. The van der Waals surface area contributed by atoms with E-state index in [1.807, 2.05) is 25.1 Å². The van der Waals surface area contributed by atoms with Crippen LogP contribution < -0.4 is 14.8 Å². The topological polar surface area (TPSA) is 67.9 Å². The van der Waals surface area contributed by atoms with Gasteiger partial charge in [-0.05, 0) is 75.7 Å². The Hall–Kier alpha value is -2.86. The number of Topliss-reactive ketones (excluding diaryl/α,β-unsaturated/α-hetero) is 1. The largest absolute Gasteiger partial charge is 0.497 e. The number of benzene rings is 2. The number of ether oxygens (including phenoxy) is 2. The lowest BCUT2D eigenvalue weighted by Crippen LogP contribution is -2.41. The molecule has 1 N–H and O–H groups in total. The Morgan fingerprint density at radius 2 is 1.83 bits per heavy atom. The van der Waals surface area contributed by atoms with Gasteiger partial charge in [0.2, 0.25) is 5.91 Å². The van der Waals surface area contributed by atoms with Crippen LogP contribution in [0, 0.1) is 0 Å². The van der Waals surface area contributed by atoms with Gasteiger partial charge < -0.3 is 14.8 Å². The zero-order valence-corrected chi connectivity index (χ0v) is 17.4. The highest BCUT2D eigenvalue weighted by Crippen LogP contribution is 2.40. The summed E-state index contributed by atoms with van der Waals surface area (Å²) in [6.07, 6.45) is 1.96. The molecule has 0 aromatic heterocycles. The number of likely N-dealkylation sites (tertiary alicyclic amines) is 1. The predicted octanol–water partition coefficient (Wildman–Crippen LogP) is 4.07. The van der Waals surface area contributed by atoms with Crippen LogP contribution in [0.15, 0.2) is 42.5 Å². The van der Waals surface area contributed by atoms with Crippen LogP contribution in [0.25, 0.3) is 0 Å². The molecule has 154 valence electrons. The third-order valence-corrected chi connectivity index (χ3v) is 5.53. The van der Waals surface area contributed by atoms with E-state index in [2.05, 4.69) is 10.2 Å². The molecule has 6 heteroatoms. The number of amides is 1. The molecule has 29 heavy (non-hydrogen) atoms. The van der Waals surface area contributed by atoms with Crippen LogP contribution in [-0.4, -0.2) is 43.4 Å². The van der Waals surface area contributed by atoms with Crippen molar-refractivity contribution in [3.05, 3.63) is 53.6 Å². The fourth-order valence-corrected chi connectivity index (χ4v) is 3.87. The van der Waals surface area contributed by atoms with Gasteiger partial charge in [0.25, 0.3) is 0 Å². The molecule has 2 unspecified atom stereocenters. The lowest BCUT2D eigenvalue weighted by Gasteiger charge is -2.31. The van der Waals surface area contributed by atoms with Gasteiger partial charge in [0, 0.05) is 22.9 Å². The first-order valence-corrected chi connectivity index (χ1v) is 9.84. The van der Waals surface area contributed by atoms with Crippen LogP contribution in [-0.2, 0) is 4.79 Å². The first kappa shape index (κ1) is 20.9. The van der Waals surface area contributed by atoms with Crippen molar-refractivity contribution < 1.29 is 19.1 Å². The lowest BCUT2D eigenvalue weighted by molar-refractivity contribution is -0.121. The second-order valence-corrected chi connectivity index (χ2v) is 7.30. The molecule has 1 aliphatic heterocycles. The van der Waals surface area contributed by atoms with Crippen molar-refractivity contribution in [1.29, 1.82) is 0 Å². The number of carbonyl (C=O) groups excluding carboxylic acids is 2. The highest BCUT2D eigenvalue weighted by atomic mass is 16.5. The molecule has 0 bridgehead atoms. The zero-order valence-electron chi connectivity index (χ0n) is 17.4. The predicted molar refractivity (Wildman–Crippen MR) is 113 cm³/mol. The van der Waals surface area contributed by atoms with Gasteiger partial charge in [0.15, 0.2) is 5.78 Å². The summed E-state index contributed by atoms with van der Waals surface area (Å²) >= 11 is 0. The van der Waals surface area contributed by atoms with Crippen LogP contribution in [0.1, 0.15) is 48.7 Å². The van der Waals surface area contributed by atoms with Crippen molar-refractivity contribution in [2.45, 2.75) is 38.8 Å². The fourth-order valence-electron chi connectivity index (χ4n) is 3.87. The van der Waals surface area contributed by atoms with Gasteiger partial charge in [0.1, 0.15) is 11.5 Å². The Morgan fingerprint density at radius 3 is 2.45 bits per heavy atom. The molecule has 0 radical (unpaired) electrons. The molecule has 3 rings (SSSR count). The fraction of sp³-hybridized carbons (Fsp3) is 0.391.